The van der Waals surface area contributed by atoms with E-state index >= 15 is 0 Å². The third-order valence-corrected chi connectivity index (χ3v) is 5.30. The van der Waals surface area contributed by atoms with E-state index in [0.717, 1.165) is 16.4 Å². The minimum absolute atomic E-state index is 0.160. The largest absolute Gasteiger partial charge is 0.465 e. The summed E-state index contributed by atoms with van der Waals surface area (Å²) in [6.07, 6.45) is 1.77. The molecule has 1 amide bonds. The summed E-state index contributed by atoms with van der Waals surface area (Å²) in [4.78, 5) is 28.0. The van der Waals surface area contributed by atoms with Gasteiger partial charge >= 0.3 is 5.97 Å². The lowest BCUT2D eigenvalue weighted by Crippen LogP contribution is -2.14. The maximum Gasteiger partial charge on any atom is 0.337 e. The maximum atomic E-state index is 12.2. The fourth-order valence-corrected chi connectivity index (χ4v) is 3.43. The van der Waals surface area contributed by atoms with E-state index in [1.165, 1.54) is 18.9 Å². The first-order chi connectivity index (χ1) is 13.5. The summed E-state index contributed by atoms with van der Waals surface area (Å²) in [7, 11) is 3.23. The van der Waals surface area contributed by atoms with Gasteiger partial charge in [-0.05, 0) is 42.0 Å². The minimum Gasteiger partial charge on any atom is -0.465 e. The van der Waals surface area contributed by atoms with Gasteiger partial charge in [0.25, 0.3) is 0 Å². The topological polar surface area (TPSA) is 73.2 Å². The molecule has 0 fully saturated rings. The quantitative estimate of drug-likeness (QED) is 0.481. The Morgan fingerprint density at radius 3 is 2.46 bits per heavy atom. The Bertz CT molecular complexity index is 985. The van der Waals surface area contributed by atoms with Crippen LogP contribution < -0.4 is 5.32 Å². The van der Waals surface area contributed by atoms with Gasteiger partial charge in [0.2, 0.25) is 5.91 Å². The molecule has 3 rings (SSSR count). The Morgan fingerprint density at radius 1 is 1.14 bits per heavy atom. The molecule has 28 heavy (non-hydrogen) atoms. The van der Waals surface area contributed by atoms with E-state index in [1.807, 2.05) is 35.9 Å². The summed E-state index contributed by atoms with van der Waals surface area (Å²) in [6, 6.07) is 14.0. The highest BCUT2D eigenvalue weighted by Gasteiger charge is 2.12. The monoisotopic (exact) mass is 415 g/mol. The van der Waals surface area contributed by atoms with Crippen LogP contribution in [0.2, 0.25) is 5.02 Å². The first kappa shape index (κ1) is 20.0. The number of thioether (sulfide) groups is 1. The van der Waals surface area contributed by atoms with Crippen molar-refractivity contribution in [1.29, 1.82) is 0 Å². The molecule has 0 spiro atoms. The number of carbonyl (C=O) groups excluding carboxylic acids is 2. The predicted octanol–water partition coefficient (Wildman–Crippen LogP) is 4.26. The highest BCUT2D eigenvalue weighted by molar-refractivity contribution is 7.99. The molecule has 144 valence electrons. The Labute approximate surface area is 171 Å². The van der Waals surface area contributed by atoms with Gasteiger partial charge in [-0.25, -0.2) is 9.78 Å². The van der Waals surface area contributed by atoms with Crippen LogP contribution in [0.25, 0.3) is 11.3 Å². The molecule has 0 saturated heterocycles. The van der Waals surface area contributed by atoms with Crippen molar-refractivity contribution in [3.63, 3.8) is 0 Å². The zero-order valence-corrected chi connectivity index (χ0v) is 16.9. The molecule has 1 N–H and O–H groups in total. The van der Waals surface area contributed by atoms with Crippen molar-refractivity contribution in [3.8, 4) is 11.3 Å². The first-order valence-electron chi connectivity index (χ1n) is 8.36. The standard InChI is InChI=1S/C20H18ClN3O3S/c1-24-17(13-3-7-15(21)8-4-13)11-22-20(24)28-12-18(25)23-16-9-5-14(6-10-16)19(26)27-2/h3-11H,12H2,1-2H3,(H,23,25). The van der Waals surface area contributed by atoms with E-state index in [4.69, 9.17) is 11.6 Å². The number of aromatic nitrogens is 2. The second kappa shape index (κ2) is 8.95. The van der Waals surface area contributed by atoms with E-state index in [0.29, 0.717) is 16.3 Å². The van der Waals surface area contributed by atoms with Gasteiger partial charge < -0.3 is 14.6 Å². The first-order valence-corrected chi connectivity index (χ1v) is 9.73. The van der Waals surface area contributed by atoms with E-state index in [1.54, 1.807) is 30.5 Å². The van der Waals surface area contributed by atoms with Gasteiger partial charge in [0.15, 0.2) is 5.16 Å². The van der Waals surface area contributed by atoms with E-state index < -0.39 is 5.97 Å². The Hall–Kier alpha value is -2.77. The van der Waals surface area contributed by atoms with Crippen LogP contribution in [0.1, 0.15) is 10.4 Å². The fraction of sp³-hybridized carbons (Fsp3) is 0.150. The number of esters is 1. The van der Waals surface area contributed by atoms with E-state index in [-0.39, 0.29) is 11.7 Å². The van der Waals surface area contributed by atoms with Crippen molar-refractivity contribution in [2.24, 2.45) is 7.05 Å². The molecule has 1 aromatic heterocycles. The van der Waals surface area contributed by atoms with Crippen LogP contribution in [-0.2, 0) is 16.6 Å². The number of halogens is 1. The Kier molecular flexibility index (Phi) is 6.38. The zero-order valence-electron chi connectivity index (χ0n) is 15.3. The number of methoxy groups -OCH3 is 1. The third kappa shape index (κ3) is 4.74. The average molecular weight is 416 g/mol. The van der Waals surface area contributed by atoms with Crippen LogP contribution >= 0.6 is 23.4 Å². The van der Waals surface area contributed by atoms with Crippen molar-refractivity contribution < 1.29 is 14.3 Å². The zero-order chi connectivity index (χ0) is 20.1. The molecular weight excluding hydrogens is 398 g/mol. The average Bonchev–Trinajstić information content (AvgIpc) is 3.07. The molecule has 0 aliphatic rings. The van der Waals surface area contributed by atoms with Gasteiger partial charge in [-0.2, -0.15) is 0 Å². The molecule has 0 unspecified atom stereocenters. The highest BCUT2D eigenvalue weighted by atomic mass is 35.5. The van der Waals surface area contributed by atoms with Gasteiger partial charge in [-0.1, -0.05) is 35.5 Å². The number of hydrogen-bond acceptors (Lipinski definition) is 5. The summed E-state index contributed by atoms with van der Waals surface area (Å²) in [5.41, 5.74) is 2.98. The number of nitrogens with one attached hydrogen (secondary N) is 1. The smallest absolute Gasteiger partial charge is 0.337 e. The second-order valence-electron chi connectivity index (χ2n) is 5.90. The summed E-state index contributed by atoms with van der Waals surface area (Å²) in [6.45, 7) is 0. The summed E-state index contributed by atoms with van der Waals surface area (Å²) in [5.74, 6) is -0.365. The van der Waals surface area contributed by atoms with Gasteiger partial charge in [0.1, 0.15) is 0 Å². The normalized spacial score (nSPS) is 10.5. The number of anilines is 1. The molecule has 0 saturated carbocycles. The minimum atomic E-state index is -0.417. The SMILES string of the molecule is COC(=O)c1ccc(NC(=O)CSc2ncc(-c3ccc(Cl)cc3)n2C)cc1. The van der Waals surface area contributed by atoms with Crippen LogP contribution in [-0.4, -0.2) is 34.3 Å². The van der Waals surface area contributed by atoms with E-state index in [2.05, 4.69) is 15.0 Å². The van der Waals surface area contributed by atoms with Crippen LogP contribution in [0.3, 0.4) is 0 Å². The molecule has 3 aromatic rings. The van der Waals surface area contributed by atoms with Gasteiger partial charge in [-0.3, -0.25) is 4.79 Å². The van der Waals surface area contributed by atoms with Gasteiger partial charge in [-0.15, -0.1) is 0 Å². The summed E-state index contributed by atoms with van der Waals surface area (Å²) >= 11 is 7.28. The lowest BCUT2D eigenvalue weighted by atomic mass is 10.2. The molecule has 1 heterocycles. The van der Waals surface area contributed by atoms with E-state index in [9.17, 15) is 9.59 Å². The molecule has 0 radical (unpaired) electrons. The van der Waals surface area contributed by atoms with Crippen molar-refractivity contribution >= 4 is 40.9 Å². The number of imidazole rings is 1. The predicted molar refractivity (Wildman–Crippen MR) is 111 cm³/mol. The number of carbonyl (C=O) groups is 2. The summed E-state index contributed by atoms with van der Waals surface area (Å²) in [5, 5.41) is 4.21. The molecule has 0 bridgehead atoms. The molecule has 0 aliphatic heterocycles. The number of ether oxygens (including phenoxy) is 1. The van der Waals surface area contributed by atoms with Crippen LogP contribution in [0.5, 0.6) is 0 Å². The Balaban J connectivity index is 1.59. The molecule has 6 nitrogen and oxygen atoms in total. The van der Waals surface area contributed by atoms with Crippen molar-refractivity contribution in [2.75, 3.05) is 18.2 Å². The molecule has 8 heteroatoms. The molecular formula is C20H18ClN3O3S. The number of nitrogens with zero attached hydrogens (tertiary/aromatic N) is 2. The van der Waals surface area contributed by atoms with Gasteiger partial charge in [0, 0.05) is 17.8 Å². The lowest BCUT2D eigenvalue weighted by Gasteiger charge is -2.07. The number of rotatable bonds is 6. The molecule has 0 aliphatic carbocycles. The lowest BCUT2D eigenvalue weighted by molar-refractivity contribution is -0.113. The van der Waals surface area contributed by atoms with Crippen LogP contribution in [0.4, 0.5) is 5.69 Å². The molecule has 2 aromatic carbocycles. The second-order valence-corrected chi connectivity index (χ2v) is 7.28. The third-order valence-electron chi connectivity index (χ3n) is 4.01. The van der Waals surface area contributed by atoms with Crippen LogP contribution in [0.15, 0.2) is 59.9 Å². The number of amides is 1. The Morgan fingerprint density at radius 2 is 1.82 bits per heavy atom. The fourth-order valence-electron chi connectivity index (χ4n) is 2.55. The highest BCUT2D eigenvalue weighted by Crippen LogP contribution is 2.26. The van der Waals surface area contributed by atoms with Crippen molar-refractivity contribution in [1.82, 2.24) is 9.55 Å². The van der Waals surface area contributed by atoms with Crippen molar-refractivity contribution in [3.05, 3.63) is 65.3 Å². The van der Waals surface area contributed by atoms with Crippen LogP contribution in [0, 0.1) is 0 Å². The molecule has 0 atom stereocenters. The number of benzene rings is 2. The van der Waals surface area contributed by atoms with Gasteiger partial charge in [0.05, 0.1) is 30.3 Å². The summed E-state index contributed by atoms with van der Waals surface area (Å²) < 4.78 is 6.59. The van der Waals surface area contributed by atoms with Crippen molar-refractivity contribution in [2.45, 2.75) is 5.16 Å². The number of hydrogen-bond donors (Lipinski definition) is 1. The maximum absolute atomic E-state index is 12.2.